The van der Waals surface area contributed by atoms with Crippen molar-refractivity contribution in [1.82, 2.24) is 9.97 Å². The molecule has 7 heteroatoms. The molecule has 2 heterocycles. The van der Waals surface area contributed by atoms with Crippen molar-refractivity contribution in [1.29, 1.82) is 0 Å². The van der Waals surface area contributed by atoms with Crippen LogP contribution >= 0.6 is 0 Å². The number of nitro benzene ring substituents is 1. The van der Waals surface area contributed by atoms with Gasteiger partial charge >= 0.3 is 5.69 Å². The summed E-state index contributed by atoms with van der Waals surface area (Å²) >= 11 is 0. The van der Waals surface area contributed by atoms with Gasteiger partial charge in [0.25, 0.3) is 0 Å². The minimum atomic E-state index is -0.545. The zero-order valence-corrected chi connectivity index (χ0v) is 13.6. The number of aromatic hydroxyl groups is 1. The second-order valence-corrected chi connectivity index (χ2v) is 6.01. The molecule has 24 heavy (non-hydrogen) atoms. The molecule has 7 nitrogen and oxygen atoms in total. The molecule has 1 N–H and O–H groups in total. The number of aromatic nitrogens is 2. The predicted molar refractivity (Wildman–Crippen MR) is 90.4 cm³/mol. The Bertz CT molecular complexity index is 725. The molecular weight excluding hydrogens is 308 g/mol. The van der Waals surface area contributed by atoms with Crippen LogP contribution in [0.25, 0.3) is 0 Å². The largest absolute Gasteiger partial charge is 0.502 e. The van der Waals surface area contributed by atoms with Crippen molar-refractivity contribution in [2.75, 3.05) is 18.0 Å². The van der Waals surface area contributed by atoms with E-state index in [9.17, 15) is 15.2 Å². The molecular formula is C17H20N4O3. The Morgan fingerprint density at radius 2 is 1.96 bits per heavy atom. The van der Waals surface area contributed by atoms with Gasteiger partial charge < -0.3 is 10.0 Å². The second kappa shape index (κ2) is 6.82. The Morgan fingerprint density at radius 3 is 2.54 bits per heavy atom. The van der Waals surface area contributed by atoms with Crippen molar-refractivity contribution in [2.24, 2.45) is 0 Å². The lowest BCUT2D eigenvalue weighted by molar-refractivity contribution is -0.385. The topological polar surface area (TPSA) is 92.4 Å². The number of benzene rings is 1. The maximum absolute atomic E-state index is 11.0. The zero-order valence-electron chi connectivity index (χ0n) is 13.6. The number of hydrogen-bond donors (Lipinski definition) is 1. The van der Waals surface area contributed by atoms with Crippen LogP contribution in [0.5, 0.6) is 5.75 Å². The summed E-state index contributed by atoms with van der Waals surface area (Å²) in [6.45, 7) is 3.69. The number of phenols is 1. The smallest absolute Gasteiger partial charge is 0.310 e. The minimum absolute atomic E-state index is 0.228. The Labute approximate surface area is 140 Å². The molecule has 0 bridgehead atoms. The first-order valence-electron chi connectivity index (χ1n) is 8.11. The van der Waals surface area contributed by atoms with Crippen molar-refractivity contribution in [3.05, 3.63) is 51.8 Å². The number of piperidine rings is 1. The summed E-state index contributed by atoms with van der Waals surface area (Å²) in [5, 5.41) is 20.5. The molecule has 1 aliphatic rings. The van der Waals surface area contributed by atoms with Crippen LogP contribution in [0.4, 0.5) is 11.6 Å². The van der Waals surface area contributed by atoms with E-state index in [1.54, 1.807) is 6.07 Å². The molecule has 0 saturated carbocycles. The zero-order chi connectivity index (χ0) is 17.1. The monoisotopic (exact) mass is 328 g/mol. The lowest BCUT2D eigenvalue weighted by Crippen LogP contribution is -2.34. The van der Waals surface area contributed by atoms with E-state index in [1.807, 2.05) is 12.4 Å². The van der Waals surface area contributed by atoms with Gasteiger partial charge in [-0.2, -0.15) is 0 Å². The van der Waals surface area contributed by atoms with Crippen molar-refractivity contribution < 1.29 is 10.0 Å². The van der Waals surface area contributed by atoms with E-state index in [-0.39, 0.29) is 17.4 Å². The van der Waals surface area contributed by atoms with Crippen LogP contribution in [-0.2, 0) is 6.42 Å². The van der Waals surface area contributed by atoms with Gasteiger partial charge in [-0.05, 0) is 42.4 Å². The molecule has 0 atom stereocenters. The summed E-state index contributed by atoms with van der Waals surface area (Å²) in [5.74, 6) is 0.698. The highest BCUT2D eigenvalue weighted by molar-refractivity contribution is 5.48. The Hall–Kier alpha value is -2.70. The summed E-state index contributed by atoms with van der Waals surface area (Å²) in [6, 6.07) is 4.67. The molecule has 1 aromatic heterocycles. The highest BCUT2D eigenvalue weighted by Gasteiger charge is 2.24. The average Bonchev–Trinajstić information content (AvgIpc) is 2.62. The maximum atomic E-state index is 11.0. The van der Waals surface area contributed by atoms with Crippen LogP contribution in [0, 0.1) is 10.1 Å². The van der Waals surface area contributed by atoms with Gasteiger partial charge in [0.05, 0.1) is 4.92 Å². The van der Waals surface area contributed by atoms with Crippen molar-refractivity contribution >= 4 is 11.6 Å². The van der Waals surface area contributed by atoms with Gasteiger partial charge in [-0.25, -0.2) is 9.97 Å². The van der Waals surface area contributed by atoms with E-state index in [0.717, 1.165) is 49.4 Å². The second-order valence-electron chi connectivity index (χ2n) is 6.01. The van der Waals surface area contributed by atoms with E-state index in [2.05, 4.69) is 21.8 Å². The Morgan fingerprint density at radius 1 is 1.29 bits per heavy atom. The van der Waals surface area contributed by atoms with Gasteiger partial charge in [0.15, 0.2) is 5.75 Å². The predicted octanol–water partition coefficient (Wildman–Crippen LogP) is 3.04. The Balaban J connectivity index is 1.68. The molecule has 0 unspecified atom stereocenters. The third kappa shape index (κ3) is 3.29. The van der Waals surface area contributed by atoms with Crippen LogP contribution < -0.4 is 4.90 Å². The first-order valence-corrected chi connectivity index (χ1v) is 8.11. The van der Waals surface area contributed by atoms with E-state index in [1.165, 1.54) is 12.1 Å². The highest BCUT2D eigenvalue weighted by Crippen LogP contribution is 2.34. The van der Waals surface area contributed by atoms with E-state index in [0.29, 0.717) is 0 Å². The van der Waals surface area contributed by atoms with Crippen molar-refractivity contribution in [3.63, 3.8) is 0 Å². The number of nitrogens with zero attached hydrogens (tertiary/aromatic N) is 4. The summed E-state index contributed by atoms with van der Waals surface area (Å²) in [4.78, 5) is 21.4. The van der Waals surface area contributed by atoms with E-state index >= 15 is 0 Å². The van der Waals surface area contributed by atoms with Gasteiger partial charge in [0.2, 0.25) is 5.95 Å². The number of anilines is 1. The Kier molecular flexibility index (Phi) is 4.59. The van der Waals surface area contributed by atoms with Crippen LogP contribution in [0.3, 0.4) is 0 Å². The minimum Gasteiger partial charge on any atom is -0.502 e. The van der Waals surface area contributed by atoms with Crippen LogP contribution in [0.2, 0.25) is 0 Å². The number of phenolic OH excluding ortho intramolecular Hbond substituents is 1. The molecule has 1 saturated heterocycles. The molecule has 0 radical (unpaired) electrons. The number of aryl methyl sites for hydroxylation is 1. The van der Waals surface area contributed by atoms with Gasteiger partial charge in [-0.1, -0.05) is 13.0 Å². The van der Waals surface area contributed by atoms with Gasteiger partial charge in [0, 0.05) is 31.5 Å². The van der Waals surface area contributed by atoms with Crippen LogP contribution in [-0.4, -0.2) is 33.1 Å². The van der Waals surface area contributed by atoms with E-state index < -0.39 is 4.92 Å². The normalized spacial score (nSPS) is 15.5. The summed E-state index contributed by atoms with van der Waals surface area (Å²) in [5.41, 5.74) is 1.79. The molecule has 2 aromatic rings. The molecule has 3 rings (SSSR count). The maximum Gasteiger partial charge on any atom is 0.310 e. The number of rotatable bonds is 4. The van der Waals surface area contributed by atoms with Gasteiger partial charge in [-0.3, -0.25) is 10.1 Å². The molecule has 0 amide bonds. The summed E-state index contributed by atoms with van der Waals surface area (Å²) in [7, 11) is 0. The first-order chi connectivity index (χ1) is 11.6. The SMILES string of the molecule is CCc1cnc(N2CCC(c3ccc(O)c([N+](=O)[O-])c3)CC2)nc1. The summed E-state index contributed by atoms with van der Waals surface area (Å²) in [6.07, 6.45) is 6.39. The highest BCUT2D eigenvalue weighted by atomic mass is 16.6. The molecule has 1 fully saturated rings. The fourth-order valence-corrected chi connectivity index (χ4v) is 3.05. The lowest BCUT2D eigenvalue weighted by Gasteiger charge is -2.32. The molecule has 0 spiro atoms. The molecule has 0 aliphatic carbocycles. The first kappa shape index (κ1) is 16.2. The average molecular weight is 328 g/mol. The summed E-state index contributed by atoms with van der Waals surface area (Å²) < 4.78 is 0. The number of hydrogen-bond acceptors (Lipinski definition) is 6. The van der Waals surface area contributed by atoms with Gasteiger partial charge in [-0.15, -0.1) is 0 Å². The van der Waals surface area contributed by atoms with Crippen molar-refractivity contribution in [2.45, 2.75) is 32.1 Å². The van der Waals surface area contributed by atoms with E-state index in [4.69, 9.17) is 0 Å². The third-order valence-corrected chi connectivity index (χ3v) is 4.55. The quantitative estimate of drug-likeness (QED) is 0.685. The third-order valence-electron chi connectivity index (χ3n) is 4.55. The van der Waals surface area contributed by atoms with Crippen LogP contribution in [0.1, 0.15) is 36.8 Å². The molecule has 1 aromatic carbocycles. The molecule has 1 aliphatic heterocycles. The van der Waals surface area contributed by atoms with Crippen LogP contribution in [0.15, 0.2) is 30.6 Å². The standard InChI is InChI=1S/C17H20N4O3/c1-2-12-10-18-17(19-11-12)20-7-5-13(6-8-20)14-3-4-16(22)15(9-14)21(23)24/h3-4,9-11,13,22H,2,5-8H2,1H3. The van der Waals surface area contributed by atoms with Gasteiger partial charge in [0.1, 0.15) is 0 Å². The fraction of sp³-hybridized carbons (Fsp3) is 0.412. The molecule has 126 valence electrons. The number of nitro groups is 1. The van der Waals surface area contributed by atoms with Crippen molar-refractivity contribution in [3.8, 4) is 5.75 Å². The fourth-order valence-electron chi connectivity index (χ4n) is 3.05. The lowest BCUT2D eigenvalue weighted by atomic mass is 9.89.